The molecule has 1 nitrogen and oxygen atoms in total. The summed E-state index contributed by atoms with van der Waals surface area (Å²) in [7, 11) is 0. The normalized spacial score (nSPS) is 11.7. The Bertz CT molecular complexity index is 4870. The van der Waals surface area contributed by atoms with Crippen LogP contribution in [0.5, 0.6) is 0 Å². The third-order valence-electron chi connectivity index (χ3n) is 17.0. The van der Waals surface area contributed by atoms with Gasteiger partial charge in [-0.1, -0.05) is 249 Å². The molecule has 16 aromatic rings. The first-order chi connectivity index (χ1) is 40.2. The fourth-order valence-electron chi connectivity index (χ4n) is 13.1. The Hall–Kier alpha value is -10.6. The molecule has 1 aromatic heterocycles. The second kappa shape index (κ2) is 19.1. The first-order valence-corrected chi connectivity index (χ1v) is 28.1. The minimum atomic E-state index is 1.12. The predicted molar refractivity (Wildman–Crippen MR) is 346 cm³/mol. The molecular formula is C80H51N. The molecule has 376 valence electrons. The summed E-state index contributed by atoms with van der Waals surface area (Å²) in [5, 5.41) is 15.0. The lowest BCUT2D eigenvalue weighted by atomic mass is 9.87. The van der Waals surface area contributed by atoms with E-state index in [4.69, 9.17) is 0 Å². The molecule has 15 aromatic carbocycles. The van der Waals surface area contributed by atoms with Gasteiger partial charge in [0.15, 0.2) is 0 Å². The van der Waals surface area contributed by atoms with Gasteiger partial charge in [-0.25, -0.2) is 0 Å². The molecule has 0 amide bonds. The number of aromatic nitrogens is 1. The van der Waals surface area contributed by atoms with E-state index in [-0.39, 0.29) is 0 Å². The highest BCUT2D eigenvalue weighted by molar-refractivity contribution is 6.17. The lowest BCUT2D eigenvalue weighted by molar-refractivity contribution is 1.18. The summed E-state index contributed by atoms with van der Waals surface area (Å²) in [6.45, 7) is 0. The third kappa shape index (κ3) is 7.85. The van der Waals surface area contributed by atoms with Crippen LogP contribution in [0, 0.1) is 0 Å². The molecule has 0 fully saturated rings. The van der Waals surface area contributed by atoms with Crippen molar-refractivity contribution >= 4 is 75.7 Å². The molecule has 0 bridgehead atoms. The molecular weight excluding hydrogens is 975 g/mol. The van der Waals surface area contributed by atoms with Crippen LogP contribution < -0.4 is 0 Å². The topological polar surface area (TPSA) is 4.93 Å². The van der Waals surface area contributed by atoms with Crippen LogP contribution in [0.3, 0.4) is 0 Å². The maximum atomic E-state index is 2.46. The third-order valence-corrected chi connectivity index (χ3v) is 17.0. The summed E-state index contributed by atoms with van der Waals surface area (Å²) >= 11 is 0. The maximum absolute atomic E-state index is 2.46. The Balaban J connectivity index is 0.899. The van der Waals surface area contributed by atoms with E-state index in [0.29, 0.717) is 0 Å². The smallest absolute Gasteiger partial charge is 0.0541 e. The average molecular weight is 1030 g/mol. The van der Waals surface area contributed by atoms with Gasteiger partial charge in [-0.05, 0) is 192 Å². The SMILES string of the molecule is c1ccc(-c2cc(-c3cc4ccccc4c4ccccc34)ccc2-c2ccc3c(c2)c2cc(-c4ccc(-c5cc6ccccc6c6ccccc56)cc4-c4ccccc4)ccc2n3-c2ccc(-c3cccc4ccccc34)cc2)cc1. The van der Waals surface area contributed by atoms with Gasteiger partial charge in [-0.3, -0.25) is 0 Å². The van der Waals surface area contributed by atoms with Crippen LogP contribution in [0.15, 0.2) is 309 Å². The minimum Gasteiger partial charge on any atom is -0.309 e. The van der Waals surface area contributed by atoms with E-state index in [0.717, 1.165) is 16.7 Å². The fraction of sp³-hybridized carbons (Fsp3) is 0. The van der Waals surface area contributed by atoms with Crippen molar-refractivity contribution in [1.82, 2.24) is 4.57 Å². The number of rotatable bonds is 8. The molecule has 81 heavy (non-hydrogen) atoms. The average Bonchev–Trinajstić information content (AvgIpc) is 4.00. The van der Waals surface area contributed by atoms with Crippen LogP contribution in [0.4, 0.5) is 0 Å². The minimum absolute atomic E-state index is 1.12. The van der Waals surface area contributed by atoms with Crippen LogP contribution in [0.25, 0.3) is 159 Å². The first-order valence-electron chi connectivity index (χ1n) is 28.1. The monoisotopic (exact) mass is 1030 g/mol. The van der Waals surface area contributed by atoms with E-state index >= 15 is 0 Å². The largest absolute Gasteiger partial charge is 0.309 e. The molecule has 0 aliphatic rings. The zero-order valence-electron chi connectivity index (χ0n) is 44.4. The quantitative estimate of drug-likeness (QED) is 0.134. The molecule has 0 unspecified atom stereocenters. The van der Waals surface area contributed by atoms with Crippen LogP contribution >= 0.6 is 0 Å². The Labute approximate surface area is 470 Å². The second-order valence-electron chi connectivity index (χ2n) is 21.5. The van der Waals surface area contributed by atoms with Gasteiger partial charge in [0.05, 0.1) is 11.0 Å². The van der Waals surface area contributed by atoms with Gasteiger partial charge in [0.2, 0.25) is 0 Å². The molecule has 0 aliphatic carbocycles. The van der Waals surface area contributed by atoms with Crippen molar-refractivity contribution in [2.24, 2.45) is 0 Å². The van der Waals surface area contributed by atoms with Crippen LogP contribution in [-0.2, 0) is 0 Å². The lowest BCUT2D eigenvalue weighted by Crippen LogP contribution is -1.94. The second-order valence-corrected chi connectivity index (χ2v) is 21.5. The zero-order chi connectivity index (χ0) is 53.4. The summed E-state index contributed by atoms with van der Waals surface area (Å²) in [6, 6.07) is 115. The van der Waals surface area contributed by atoms with Crippen molar-refractivity contribution < 1.29 is 0 Å². The van der Waals surface area contributed by atoms with Crippen molar-refractivity contribution in [3.8, 4) is 83.6 Å². The molecule has 0 saturated carbocycles. The van der Waals surface area contributed by atoms with Gasteiger partial charge < -0.3 is 4.57 Å². The standard InChI is InChI=1S/C80H51N/c1-3-18-53(19-4-1)73-48-60(75-46-56-23-8-11-27-65(56)69-29-13-15-31-71(69)75)36-42-67(73)58-38-44-79-77(50-58)78-51-59(39-45-80(78)81(79)62-40-34-55(35-41-62)64-33-17-25-52-22-7-10-26-63(52)64)68-43-37-61(49-74(68)54-20-5-2-6-21-54)76-47-57-24-9-12-28-66(57)70-30-14-16-32-72(70)76/h1-51H. The van der Waals surface area contributed by atoms with E-state index in [1.54, 1.807) is 0 Å². The number of nitrogens with zero attached hydrogens (tertiary/aromatic N) is 1. The van der Waals surface area contributed by atoms with E-state index in [2.05, 4.69) is 314 Å². The summed E-state index contributed by atoms with van der Waals surface area (Å²) in [6.07, 6.45) is 0. The van der Waals surface area contributed by atoms with Crippen molar-refractivity contribution in [2.75, 3.05) is 0 Å². The van der Waals surface area contributed by atoms with Crippen molar-refractivity contribution in [3.05, 3.63) is 309 Å². The van der Waals surface area contributed by atoms with Crippen LogP contribution in [0.2, 0.25) is 0 Å². The summed E-state index contributed by atoms with van der Waals surface area (Å²) < 4.78 is 2.46. The van der Waals surface area contributed by atoms with E-state index in [1.807, 2.05) is 0 Å². The number of hydrogen-bond donors (Lipinski definition) is 0. The molecule has 1 heteroatoms. The van der Waals surface area contributed by atoms with E-state index < -0.39 is 0 Å². The zero-order valence-corrected chi connectivity index (χ0v) is 44.4. The van der Waals surface area contributed by atoms with Crippen LogP contribution in [-0.4, -0.2) is 4.57 Å². The molecule has 0 saturated heterocycles. The van der Waals surface area contributed by atoms with Gasteiger partial charge in [0.1, 0.15) is 0 Å². The maximum Gasteiger partial charge on any atom is 0.0541 e. The van der Waals surface area contributed by atoms with Gasteiger partial charge in [-0.15, -0.1) is 0 Å². The highest BCUT2D eigenvalue weighted by atomic mass is 15.0. The van der Waals surface area contributed by atoms with Crippen LogP contribution in [0.1, 0.15) is 0 Å². The fourth-order valence-corrected chi connectivity index (χ4v) is 13.1. The Morgan fingerprint density at radius 2 is 0.531 bits per heavy atom. The molecule has 1 heterocycles. The molecule has 0 aliphatic heterocycles. The highest BCUT2D eigenvalue weighted by Crippen LogP contribution is 2.45. The molecule has 0 N–H and O–H groups in total. The molecule has 16 rings (SSSR count). The van der Waals surface area contributed by atoms with Crippen molar-refractivity contribution in [2.45, 2.75) is 0 Å². The van der Waals surface area contributed by atoms with Crippen molar-refractivity contribution in [3.63, 3.8) is 0 Å². The number of fused-ring (bicyclic) bond motifs is 10. The van der Waals surface area contributed by atoms with E-state index in [1.165, 1.54) is 143 Å². The summed E-state index contributed by atoms with van der Waals surface area (Å²) in [5.41, 5.74) is 20.2. The Morgan fingerprint density at radius 3 is 1.04 bits per heavy atom. The summed E-state index contributed by atoms with van der Waals surface area (Å²) in [5.74, 6) is 0. The van der Waals surface area contributed by atoms with Gasteiger partial charge in [0.25, 0.3) is 0 Å². The Kier molecular flexibility index (Phi) is 11.0. The number of hydrogen-bond acceptors (Lipinski definition) is 0. The number of benzene rings is 15. The van der Waals surface area contributed by atoms with Gasteiger partial charge in [0, 0.05) is 16.5 Å². The lowest BCUT2D eigenvalue weighted by Gasteiger charge is -2.16. The summed E-state index contributed by atoms with van der Waals surface area (Å²) in [4.78, 5) is 0. The van der Waals surface area contributed by atoms with Gasteiger partial charge >= 0.3 is 0 Å². The molecule has 0 radical (unpaired) electrons. The predicted octanol–water partition coefficient (Wildman–Crippen LogP) is 22.2. The highest BCUT2D eigenvalue weighted by Gasteiger charge is 2.20. The van der Waals surface area contributed by atoms with Crippen molar-refractivity contribution in [1.29, 1.82) is 0 Å². The molecule has 0 atom stereocenters. The van der Waals surface area contributed by atoms with E-state index in [9.17, 15) is 0 Å². The first kappa shape index (κ1) is 46.5. The molecule has 0 spiro atoms. The Morgan fingerprint density at radius 1 is 0.160 bits per heavy atom. The van der Waals surface area contributed by atoms with Gasteiger partial charge in [-0.2, -0.15) is 0 Å².